The predicted octanol–water partition coefficient (Wildman–Crippen LogP) is 3.81. The zero-order chi connectivity index (χ0) is 19.6. The topological polar surface area (TPSA) is 59.5 Å². The van der Waals surface area contributed by atoms with Gasteiger partial charge in [0.15, 0.2) is 0 Å². The van der Waals surface area contributed by atoms with Gasteiger partial charge in [0.1, 0.15) is 0 Å². The fraction of sp³-hybridized carbons (Fsp3) is 0.318. The van der Waals surface area contributed by atoms with Crippen LogP contribution in [-0.2, 0) is 20.9 Å². The zero-order valence-corrected chi connectivity index (χ0v) is 16.1. The highest BCUT2D eigenvalue weighted by Gasteiger charge is 2.14. The number of esters is 1. The maximum absolute atomic E-state index is 12.7. The number of hydrogen-bond donors (Lipinski definition) is 0. The van der Waals surface area contributed by atoms with Crippen molar-refractivity contribution in [1.82, 2.24) is 9.88 Å². The molecule has 27 heavy (non-hydrogen) atoms. The van der Waals surface area contributed by atoms with Gasteiger partial charge >= 0.3 is 5.97 Å². The number of aromatic nitrogens is 1. The highest BCUT2D eigenvalue weighted by Crippen LogP contribution is 2.15. The van der Waals surface area contributed by atoms with Gasteiger partial charge in [0, 0.05) is 31.6 Å². The first-order valence-electron chi connectivity index (χ1n) is 9.02. The second-order valence-corrected chi connectivity index (χ2v) is 6.60. The number of nitrogens with zero attached hydrogens (tertiary/aromatic N) is 2. The van der Waals surface area contributed by atoms with Crippen molar-refractivity contribution < 1.29 is 14.3 Å². The third kappa shape index (κ3) is 6.70. The first-order chi connectivity index (χ1) is 13.0. The largest absolute Gasteiger partial charge is 0.469 e. The van der Waals surface area contributed by atoms with Gasteiger partial charge in [-0.1, -0.05) is 44.2 Å². The smallest absolute Gasteiger partial charge is 0.307 e. The van der Waals surface area contributed by atoms with Crippen molar-refractivity contribution in [2.75, 3.05) is 13.7 Å². The summed E-state index contributed by atoms with van der Waals surface area (Å²) in [5.74, 6) is -0.0270. The summed E-state index contributed by atoms with van der Waals surface area (Å²) in [6, 6.07) is 11.9. The first-order valence-corrected chi connectivity index (χ1v) is 9.02. The highest BCUT2D eigenvalue weighted by atomic mass is 16.5. The molecule has 2 aromatic rings. The lowest BCUT2D eigenvalue weighted by Gasteiger charge is -2.20. The fourth-order valence-corrected chi connectivity index (χ4v) is 2.57. The molecule has 1 amide bonds. The molecule has 2 rings (SSSR count). The normalized spacial score (nSPS) is 11.0. The minimum Gasteiger partial charge on any atom is -0.469 e. The lowest BCUT2D eigenvalue weighted by Crippen LogP contribution is -2.31. The van der Waals surface area contributed by atoms with Crippen LogP contribution < -0.4 is 0 Å². The monoisotopic (exact) mass is 366 g/mol. The molecule has 142 valence electrons. The molecule has 0 radical (unpaired) electrons. The number of amides is 1. The Morgan fingerprint density at radius 3 is 2.52 bits per heavy atom. The molecular formula is C22H26N2O3. The van der Waals surface area contributed by atoms with E-state index in [4.69, 9.17) is 0 Å². The van der Waals surface area contributed by atoms with Crippen molar-refractivity contribution in [2.24, 2.45) is 0 Å². The maximum atomic E-state index is 12.7. The van der Waals surface area contributed by atoms with Gasteiger partial charge in [0.05, 0.1) is 13.5 Å². The second-order valence-electron chi connectivity index (χ2n) is 6.60. The summed E-state index contributed by atoms with van der Waals surface area (Å²) in [6.45, 7) is 4.97. The van der Waals surface area contributed by atoms with Gasteiger partial charge in [-0.25, -0.2) is 0 Å². The molecule has 5 heteroatoms. The van der Waals surface area contributed by atoms with E-state index in [1.807, 2.05) is 24.3 Å². The first kappa shape index (κ1) is 20.4. The van der Waals surface area contributed by atoms with Crippen molar-refractivity contribution >= 4 is 18.0 Å². The number of carbonyl (C=O) groups excluding carboxylic acids is 2. The van der Waals surface area contributed by atoms with Crippen LogP contribution in [0.15, 0.2) is 54.9 Å². The summed E-state index contributed by atoms with van der Waals surface area (Å²) in [5, 5.41) is 0. The van der Waals surface area contributed by atoms with Crippen LogP contribution in [0.1, 0.15) is 42.9 Å². The minimum atomic E-state index is -0.341. The van der Waals surface area contributed by atoms with Crippen LogP contribution in [0.3, 0.4) is 0 Å². The number of pyridine rings is 1. The molecule has 5 nitrogen and oxygen atoms in total. The summed E-state index contributed by atoms with van der Waals surface area (Å²) in [7, 11) is 1.34. The second kappa shape index (κ2) is 10.3. The van der Waals surface area contributed by atoms with Crippen LogP contribution in [-0.4, -0.2) is 35.4 Å². The van der Waals surface area contributed by atoms with Gasteiger partial charge in [-0.3, -0.25) is 14.6 Å². The van der Waals surface area contributed by atoms with E-state index in [9.17, 15) is 9.59 Å². The Labute approximate surface area is 160 Å². The van der Waals surface area contributed by atoms with Crippen molar-refractivity contribution in [3.63, 3.8) is 0 Å². The van der Waals surface area contributed by atoms with Gasteiger partial charge in [-0.2, -0.15) is 0 Å². The molecule has 0 aliphatic carbocycles. The molecular weight excluding hydrogens is 340 g/mol. The minimum absolute atomic E-state index is 0.152. The van der Waals surface area contributed by atoms with Crippen molar-refractivity contribution in [3.05, 3.63) is 71.6 Å². The van der Waals surface area contributed by atoms with E-state index < -0.39 is 0 Å². The quantitative estimate of drug-likeness (QED) is 0.526. The molecule has 0 aliphatic rings. The fourth-order valence-electron chi connectivity index (χ4n) is 2.57. The number of carbonyl (C=O) groups is 2. The van der Waals surface area contributed by atoms with E-state index in [2.05, 4.69) is 35.7 Å². The van der Waals surface area contributed by atoms with Crippen molar-refractivity contribution in [2.45, 2.75) is 32.7 Å². The van der Waals surface area contributed by atoms with Gasteiger partial charge in [0.2, 0.25) is 5.91 Å². The predicted molar refractivity (Wildman–Crippen MR) is 106 cm³/mol. The van der Waals surface area contributed by atoms with Crippen molar-refractivity contribution in [3.8, 4) is 0 Å². The van der Waals surface area contributed by atoms with Crippen molar-refractivity contribution in [1.29, 1.82) is 0 Å². The van der Waals surface area contributed by atoms with Gasteiger partial charge in [0.25, 0.3) is 0 Å². The van der Waals surface area contributed by atoms with Gasteiger partial charge in [-0.05, 0) is 34.8 Å². The molecule has 0 aliphatic heterocycles. The molecule has 1 aromatic heterocycles. The van der Waals surface area contributed by atoms with E-state index >= 15 is 0 Å². The molecule has 0 spiro atoms. The number of hydrogen-bond acceptors (Lipinski definition) is 4. The Hall–Kier alpha value is -2.95. The van der Waals surface area contributed by atoms with Crippen LogP contribution in [0.25, 0.3) is 6.08 Å². The molecule has 0 N–H and O–H groups in total. The Morgan fingerprint density at radius 2 is 1.93 bits per heavy atom. The van der Waals surface area contributed by atoms with E-state index in [1.54, 1.807) is 23.4 Å². The van der Waals surface area contributed by atoms with E-state index in [-0.39, 0.29) is 24.8 Å². The van der Waals surface area contributed by atoms with Crippen LogP contribution in [0.4, 0.5) is 0 Å². The van der Waals surface area contributed by atoms with Gasteiger partial charge < -0.3 is 9.64 Å². The Balaban J connectivity index is 2.07. The molecule has 1 heterocycles. The Kier molecular flexibility index (Phi) is 7.74. The Morgan fingerprint density at radius 1 is 1.19 bits per heavy atom. The van der Waals surface area contributed by atoms with E-state index in [1.165, 1.54) is 18.7 Å². The molecule has 0 fully saturated rings. The summed E-state index contributed by atoms with van der Waals surface area (Å²) >= 11 is 0. The van der Waals surface area contributed by atoms with Crippen LogP contribution in [0, 0.1) is 0 Å². The third-order valence-electron chi connectivity index (χ3n) is 4.24. The standard InChI is InChI=1S/C22H26N2O3/c1-17(2)20-9-6-18(7-10-20)8-11-21(25)24(14-12-22(26)27-3)16-19-5-4-13-23-15-19/h4-11,13,15,17H,12,14,16H2,1-3H3/b11-8+. The number of rotatable bonds is 8. The zero-order valence-electron chi connectivity index (χ0n) is 16.1. The van der Waals surface area contributed by atoms with Crippen LogP contribution in [0.5, 0.6) is 0 Å². The van der Waals surface area contributed by atoms with Crippen LogP contribution in [0.2, 0.25) is 0 Å². The molecule has 0 atom stereocenters. The molecule has 1 aromatic carbocycles. The summed E-state index contributed by atoms with van der Waals surface area (Å²) in [6.07, 6.45) is 6.88. The molecule has 0 saturated carbocycles. The SMILES string of the molecule is COC(=O)CCN(Cc1cccnc1)C(=O)/C=C/c1ccc(C(C)C)cc1. The highest BCUT2D eigenvalue weighted by molar-refractivity contribution is 5.92. The van der Waals surface area contributed by atoms with Crippen LogP contribution >= 0.6 is 0 Å². The summed E-state index contributed by atoms with van der Waals surface area (Å²) in [4.78, 5) is 29.8. The summed E-state index contributed by atoms with van der Waals surface area (Å²) < 4.78 is 4.68. The Bertz CT molecular complexity index is 768. The molecule has 0 unspecified atom stereocenters. The van der Waals surface area contributed by atoms with E-state index in [0.717, 1.165) is 11.1 Å². The lowest BCUT2D eigenvalue weighted by atomic mass is 10.0. The average Bonchev–Trinajstić information content (AvgIpc) is 2.70. The maximum Gasteiger partial charge on any atom is 0.307 e. The molecule has 0 bridgehead atoms. The number of ether oxygens (including phenoxy) is 1. The number of methoxy groups -OCH3 is 1. The summed E-state index contributed by atoms with van der Waals surface area (Å²) in [5.41, 5.74) is 3.13. The number of benzene rings is 1. The third-order valence-corrected chi connectivity index (χ3v) is 4.24. The lowest BCUT2D eigenvalue weighted by molar-refractivity contribution is -0.141. The van der Waals surface area contributed by atoms with E-state index in [0.29, 0.717) is 12.5 Å². The molecule has 0 saturated heterocycles. The average molecular weight is 366 g/mol. The van der Waals surface area contributed by atoms with Gasteiger partial charge in [-0.15, -0.1) is 0 Å².